The number of rotatable bonds is 12. The van der Waals surface area contributed by atoms with E-state index in [-0.39, 0.29) is 6.04 Å². The Morgan fingerprint density at radius 3 is 2.13 bits per heavy atom. The van der Waals surface area contributed by atoms with Crippen LogP contribution in [0.4, 0.5) is 0 Å². The van der Waals surface area contributed by atoms with Crippen LogP contribution in [0, 0.1) is 0 Å². The number of methoxy groups -OCH3 is 3. The van der Waals surface area contributed by atoms with Crippen molar-refractivity contribution in [2.24, 2.45) is 11.5 Å². The van der Waals surface area contributed by atoms with E-state index in [1.165, 1.54) is 0 Å². The molecule has 1 unspecified atom stereocenters. The van der Waals surface area contributed by atoms with Gasteiger partial charge in [-0.3, -0.25) is 0 Å². The Morgan fingerprint density at radius 2 is 1.61 bits per heavy atom. The van der Waals surface area contributed by atoms with Gasteiger partial charge >= 0.3 is 0 Å². The molecule has 132 valence electrons. The van der Waals surface area contributed by atoms with Gasteiger partial charge in [0.25, 0.3) is 0 Å². The fraction of sp³-hybridized carbons (Fsp3) is 0.647. The molecule has 0 amide bonds. The van der Waals surface area contributed by atoms with Crippen LogP contribution in [0.15, 0.2) is 12.1 Å². The summed E-state index contributed by atoms with van der Waals surface area (Å²) >= 11 is 0. The monoisotopic (exact) mass is 325 g/mol. The maximum atomic E-state index is 6.03. The first-order valence-corrected chi connectivity index (χ1v) is 8.11. The zero-order valence-electron chi connectivity index (χ0n) is 14.6. The quantitative estimate of drug-likeness (QED) is 0.506. The Labute approximate surface area is 139 Å². The number of nitrogens with two attached hydrogens (primary N) is 2. The molecule has 1 atom stereocenters. The number of ether oxygens (including phenoxy) is 3. The summed E-state index contributed by atoms with van der Waals surface area (Å²) in [4.78, 5) is 0. The number of nitrogens with one attached hydrogen (secondary N) is 1. The van der Waals surface area contributed by atoms with Crippen LogP contribution >= 0.6 is 0 Å². The minimum absolute atomic E-state index is 0.251. The van der Waals surface area contributed by atoms with E-state index < -0.39 is 0 Å². The van der Waals surface area contributed by atoms with Crippen molar-refractivity contribution in [1.82, 2.24) is 5.32 Å². The van der Waals surface area contributed by atoms with Gasteiger partial charge in [-0.25, -0.2) is 0 Å². The van der Waals surface area contributed by atoms with Crippen LogP contribution in [0.25, 0.3) is 0 Å². The molecule has 1 rings (SSSR count). The van der Waals surface area contributed by atoms with Crippen LogP contribution in [-0.4, -0.2) is 40.5 Å². The van der Waals surface area contributed by atoms with Crippen molar-refractivity contribution in [3.8, 4) is 17.2 Å². The predicted molar refractivity (Wildman–Crippen MR) is 93.3 cm³/mol. The summed E-state index contributed by atoms with van der Waals surface area (Å²) in [5.41, 5.74) is 12.6. The molecule has 0 saturated carbocycles. The number of benzene rings is 1. The summed E-state index contributed by atoms with van der Waals surface area (Å²) < 4.78 is 16.0. The van der Waals surface area contributed by atoms with Crippen molar-refractivity contribution < 1.29 is 14.2 Å². The molecule has 0 aliphatic heterocycles. The molecule has 0 aliphatic carbocycles. The van der Waals surface area contributed by atoms with E-state index in [9.17, 15) is 0 Å². The maximum Gasteiger partial charge on any atom is 0.203 e. The third kappa shape index (κ3) is 6.64. The van der Waals surface area contributed by atoms with Crippen LogP contribution in [0.2, 0.25) is 0 Å². The lowest BCUT2D eigenvalue weighted by Gasteiger charge is -2.15. The summed E-state index contributed by atoms with van der Waals surface area (Å²) in [6.45, 7) is 2.38. The van der Waals surface area contributed by atoms with E-state index in [0.29, 0.717) is 23.8 Å². The molecule has 0 fully saturated rings. The molecule has 1 aromatic rings. The van der Waals surface area contributed by atoms with Gasteiger partial charge in [-0.05, 0) is 56.5 Å². The Morgan fingerprint density at radius 1 is 1.00 bits per heavy atom. The lowest BCUT2D eigenvalue weighted by Crippen LogP contribution is -2.23. The Kier molecular flexibility index (Phi) is 9.43. The van der Waals surface area contributed by atoms with E-state index in [4.69, 9.17) is 25.7 Å². The second-order valence-electron chi connectivity index (χ2n) is 5.54. The highest BCUT2D eigenvalue weighted by Crippen LogP contribution is 2.38. The average Bonchev–Trinajstić information content (AvgIpc) is 2.58. The zero-order chi connectivity index (χ0) is 17.1. The van der Waals surface area contributed by atoms with Crippen molar-refractivity contribution in [2.75, 3.05) is 34.4 Å². The third-order valence-corrected chi connectivity index (χ3v) is 3.76. The normalized spacial score (nSPS) is 12.0. The molecule has 0 aliphatic rings. The Balaban J connectivity index is 2.43. The fourth-order valence-corrected chi connectivity index (χ4v) is 2.48. The molecule has 5 N–H and O–H groups in total. The smallest absolute Gasteiger partial charge is 0.203 e. The van der Waals surface area contributed by atoms with E-state index in [0.717, 1.165) is 44.3 Å². The first kappa shape index (κ1) is 19.5. The summed E-state index contributed by atoms with van der Waals surface area (Å²) in [6, 6.07) is 4.17. The fourth-order valence-electron chi connectivity index (χ4n) is 2.48. The van der Waals surface area contributed by atoms with Gasteiger partial charge in [0.2, 0.25) is 5.75 Å². The standard InChI is InChI=1S/C17H31N3O3/c1-21-15-10-13(11-16(22-2)17(15)23-3)12-20-9-5-7-14(19)6-4-8-18/h10-11,14,20H,4-9,12,18-19H2,1-3H3. The van der Waals surface area contributed by atoms with Gasteiger partial charge in [0, 0.05) is 12.6 Å². The number of hydrogen-bond donors (Lipinski definition) is 3. The predicted octanol–water partition coefficient (Wildman–Crippen LogP) is 1.65. The highest BCUT2D eigenvalue weighted by molar-refractivity contribution is 5.53. The first-order chi connectivity index (χ1) is 11.2. The highest BCUT2D eigenvalue weighted by Gasteiger charge is 2.12. The minimum Gasteiger partial charge on any atom is -0.493 e. The van der Waals surface area contributed by atoms with Crippen LogP contribution < -0.4 is 31.0 Å². The molecular formula is C17H31N3O3. The SMILES string of the molecule is COc1cc(CNCCCC(N)CCCN)cc(OC)c1OC. The second-order valence-corrected chi connectivity index (χ2v) is 5.54. The zero-order valence-corrected chi connectivity index (χ0v) is 14.6. The number of hydrogen-bond acceptors (Lipinski definition) is 6. The van der Waals surface area contributed by atoms with Gasteiger partial charge < -0.3 is 31.0 Å². The first-order valence-electron chi connectivity index (χ1n) is 8.11. The van der Waals surface area contributed by atoms with Gasteiger partial charge in [0.15, 0.2) is 11.5 Å². The molecule has 6 nitrogen and oxygen atoms in total. The van der Waals surface area contributed by atoms with Gasteiger partial charge in [-0.1, -0.05) is 0 Å². The maximum absolute atomic E-state index is 6.03. The Hall–Kier alpha value is -1.50. The van der Waals surface area contributed by atoms with Crippen molar-refractivity contribution in [3.05, 3.63) is 17.7 Å². The molecule has 0 bridgehead atoms. The lowest BCUT2D eigenvalue weighted by atomic mass is 10.1. The molecule has 0 saturated heterocycles. The van der Waals surface area contributed by atoms with Gasteiger partial charge in [0.1, 0.15) is 0 Å². The molecular weight excluding hydrogens is 294 g/mol. The van der Waals surface area contributed by atoms with E-state index in [1.807, 2.05) is 12.1 Å². The van der Waals surface area contributed by atoms with Crippen molar-refractivity contribution >= 4 is 0 Å². The molecule has 0 spiro atoms. The molecule has 23 heavy (non-hydrogen) atoms. The van der Waals surface area contributed by atoms with Crippen molar-refractivity contribution in [2.45, 2.75) is 38.3 Å². The van der Waals surface area contributed by atoms with Gasteiger partial charge in [-0.2, -0.15) is 0 Å². The summed E-state index contributed by atoms with van der Waals surface area (Å²) in [6.07, 6.45) is 4.07. The largest absolute Gasteiger partial charge is 0.493 e. The molecule has 0 heterocycles. The Bertz CT molecular complexity index is 430. The van der Waals surface area contributed by atoms with Gasteiger partial charge in [0.05, 0.1) is 21.3 Å². The van der Waals surface area contributed by atoms with E-state index in [1.54, 1.807) is 21.3 Å². The van der Waals surface area contributed by atoms with Crippen LogP contribution in [0.1, 0.15) is 31.2 Å². The third-order valence-electron chi connectivity index (χ3n) is 3.76. The van der Waals surface area contributed by atoms with E-state index >= 15 is 0 Å². The van der Waals surface area contributed by atoms with Crippen LogP contribution in [0.5, 0.6) is 17.2 Å². The summed E-state index contributed by atoms with van der Waals surface area (Å²) in [7, 11) is 4.85. The van der Waals surface area contributed by atoms with Crippen molar-refractivity contribution in [1.29, 1.82) is 0 Å². The average molecular weight is 325 g/mol. The lowest BCUT2D eigenvalue weighted by molar-refractivity contribution is 0.323. The van der Waals surface area contributed by atoms with Crippen LogP contribution in [0.3, 0.4) is 0 Å². The van der Waals surface area contributed by atoms with Crippen LogP contribution in [-0.2, 0) is 6.54 Å². The van der Waals surface area contributed by atoms with Crippen molar-refractivity contribution in [3.63, 3.8) is 0 Å². The molecule has 6 heteroatoms. The summed E-state index contributed by atoms with van der Waals surface area (Å²) in [5.74, 6) is 1.96. The van der Waals surface area contributed by atoms with E-state index in [2.05, 4.69) is 5.32 Å². The molecule has 0 radical (unpaired) electrons. The second kappa shape index (κ2) is 11.1. The topological polar surface area (TPSA) is 91.8 Å². The molecule has 0 aromatic heterocycles. The van der Waals surface area contributed by atoms with Gasteiger partial charge in [-0.15, -0.1) is 0 Å². The minimum atomic E-state index is 0.251. The summed E-state index contributed by atoms with van der Waals surface area (Å²) in [5, 5.41) is 3.42. The highest BCUT2D eigenvalue weighted by atomic mass is 16.5. The molecule has 1 aromatic carbocycles.